The van der Waals surface area contributed by atoms with Crippen molar-refractivity contribution < 1.29 is 4.42 Å². The molecule has 3 heteroatoms. The van der Waals surface area contributed by atoms with Gasteiger partial charge in [-0.3, -0.25) is 0 Å². The quantitative estimate of drug-likeness (QED) is 0.832. The highest BCUT2D eigenvalue weighted by atomic mass is 16.3. The molecule has 0 aliphatic rings. The van der Waals surface area contributed by atoms with Crippen LogP contribution in [0, 0.1) is 0 Å². The van der Waals surface area contributed by atoms with Gasteiger partial charge in [-0.1, -0.05) is 32.0 Å². The zero-order valence-corrected chi connectivity index (χ0v) is 13.0. The van der Waals surface area contributed by atoms with Crippen LogP contribution in [-0.2, 0) is 0 Å². The molecular formula is C17H26N2O. The van der Waals surface area contributed by atoms with Crippen molar-refractivity contribution in [3.05, 3.63) is 36.1 Å². The maximum atomic E-state index is 6.01. The molecule has 0 radical (unpaired) electrons. The molecule has 1 aromatic heterocycles. The van der Waals surface area contributed by atoms with Crippen molar-refractivity contribution in [3.8, 4) is 0 Å². The average molecular weight is 274 g/mol. The molecule has 2 rings (SSSR count). The lowest BCUT2D eigenvalue weighted by Gasteiger charge is -2.27. The van der Waals surface area contributed by atoms with Crippen molar-refractivity contribution in [1.29, 1.82) is 0 Å². The van der Waals surface area contributed by atoms with Crippen LogP contribution in [0.25, 0.3) is 11.0 Å². The maximum Gasteiger partial charge on any atom is 0.134 e. The fourth-order valence-corrected chi connectivity index (χ4v) is 2.46. The highest BCUT2D eigenvalue weighted by Gasteiger charge is 2.19. The summed E-state index contributed by atoms with van der Waals surface area (Å²) in [6.07, 6.45) is 1.16. The molecule has 20 heavy (non-hydrogen) atoms. The fraction of sp³-hybridized carbons (Fsp3) is 0.529. The van der Waals surface area contributed by atoms with Gasteiger partial charge in [0.2, 0.25) is 0 Å². The molecule has 0 aliphatic heterocycles. The Kier molecular flexibility index (Phi) is 5.21. The second kappa shape index (κ2) is 6.91. The summed E-state index contributed by atoms with van der Waals surface area (Å²) in [5.74, 6) is 1.03. The average Bonchev–Trinajstić information content (AvgIpc) is 2.89. The van der Waals surface area contributed by atoms with Crippen LogP contribution < -0.4 is 5.32 Å². The molecule has 1 N–H and O–H groups in total. The molecule has 0 aliphatic carbocycles. The van der Waals surface area contributed by atoms with E-state index >= 15 is 0 Å². The summed E-state index contributed by atoms with van der Waals surface area (Å²) in [5.41, 5.74) is 0.969. The topological polar surface area (TPSA) is 28.4 Å². The van der Waals surface area contributed by atoms with Gasteiger partial charge in [-0.15, -0.1) is 0 Å². The van der Waals surface area contributed by atoms with Crippen LogP contribution in [0.2, 0.25) is 0 Å². The third-order valence-electron chi connectivity index (χ3n) is 4.05. The monoisotopic (exact) mass is 274 g/mol. The summed E-state index contributed by atoms with van der Waals surface area (Å²) in [4.78, 5) is 2.39. The van der Waals surface area contributed by atoms with Gasteiger partial charge in [0.1, 0.15) is 11.3 Å². The van der Waals surface area contributed by atoms with Crippen molar-refractivity contribution in [2.75, 3.05) is 20.1 Å². The highest BCUT2D eigenvalue weighted by Crippen LogP contribution is 2.24. The molecule has 0 saturated carbocycles. The summed E-state index contributed by atoms with van der Waals surface area (Å²) < 4.78 is 6.01. The molecule has 0 spiro atoms. The molecule has 0 amide bonds. The van der Waals surface area contributed by atoms with E-state index in [0.29, 0.717) is 6.04 Å². The predicted octanol–water partition coefficient (Wildman–Crippen LogP) is 3.81. The number of hydrogen-bond acceptors (Lipinski definition) is 3. The molecule has 0 saturated heterocycles. The summed E-state index contributed by atoms with van der Waals surface area (Å²) >= 11 is 0. The number of benzene rings is 1. The lowest BCUT2D eigenvalue weighted by molar-refractivity contribution is 0.215. The van der Waals surface area contributed by atoms with Crippen molar-refractivity contribution >= 4 is 11.0 Å². The van der Waals surface area contributed by atoms with Crippen LogP contribution in [0.1, 0.15) is 39.0 Å². The SMILES string of the molecule is CCNC(CN(C)C(C)CC)c1cc2ccccc2o1. The number of furan rings is 1. The van der Waals surface area contributed by atoms with Gasteiger partial charge in [0.15, 0.2) is 0 Å². The van der Waals surface area contributed by atoms with Gasteiger partial charge in [0, 0.05) is 18.0 Å². The Bertz CT molecular complexity index is 502. The summed E-state index contributed by atoms with van der Waals surface area (Å²) in [6, 6.07) is 11.2. The summed E-state index contributed by atoms with van der Waals surface area (Å²) in [6.45, 7) is 8.53. The molecule has 2 aromatic rings. The Hall–Kier alpha value is -1.32. The predicted molar refractivity (Wildman–Crippen MR) is 85.0 cm³/mol. The second-order valence-corrected chi connectivity index (χ2v) is 5.49. The first-order valence-corrected chi connectivity index (χ1v) is 7.57. The largest absolute Gasteiger partial charge is 0.459 e. The smallest absolute Gasteiger partial charge is 0.134 e. The van der Waals surface area contributed by atoms with E-state index < -0.39 is 0 Å². The van der Waals surface area contributed by atoms with Crippen LogP contribution in [0.3, 0.4) is 0 Å². The van der Waals surface area contributed by atoms with E-state index in [-0.39, 0.29) is 6.04 Å². The van der Waals surface area contributed by atoms with E-state index in [1.54, 1.807) is 0 Å². The van der Waals surface area contributed by atoms with Gasteiger partial charge in [0.25, 0.3) is 0 Å². The molecule has 2 atom stereocenters. The first-order valence-electron chi connectivity index (χ1n) is 7.57. The number of likely N-dealkylation sites (N-methyl/N-ethyl adjacent to an activating group) is 2. The van der Waals surface area contributed by atoms with Gasteiger partial charge < -0.3 is 14.6 Å². The lowest BCUT2D eigenvalue weighted by Crippen LogP contribution is -2.37. The van der Waals surface area contributed by atoms with Crippen LogP contribution in [-0.4, -0.2) is 31.1 Å². The first-order chi connectivity index (χ1) is 9.65. The Morgan fingerprint density at radius 3 is 2.65 bits per heavy atom. The molecular weight excluding hydrogens is 248 g/mol. The number of fused-ring (bicyclic) bond motifs is 1. The van der Waals surface area contributed by atoms with E-state index in [4.69, 9.17) is 4.42 Å². The van der Waals surface area contributed by atoms with Gasteiger partial charge in [0.05, 0.1) is 6.04 Å². The van der Waals surface area contributed by atoms with Gasteiger partial charge in [-0.25, -0.2) is 0 Å². The standard InChI is InChI=1S/C17H26N2O/c1-5-13(3)19(4)12-15(18-6-2)17-11-14-9-7-8-10-16(14)20-17/h7-11,13,15,18H,5-6,12H2,1-4H3. The maximum absolute atomic E-state index is 6.01. The number of hydrogen-bond donors (Lipinski definition) is 1. The molecule has 1 heterocycles. The third kappa shape index (κ3) is 3.41. The molecule has 110 valence electrons. The Labute approximate surface area is 122 Å². The fourth-order valence-electron chi connectivity index (χ4n) is 2.46. The van der Waals surface area contributed by atoms with Crippen molar-refractivity contribution in [3.63, 3.8) is 0 Å². The second-order valence-electron chi connectivity index (χ2n) is 5.49. The van der Waals surface area contributed by atoms with Gasteiger partial charge in [-0.05, 0) is 39.1 Å². The Morgan fingerprint density at radius 1 is 1.25 bits per heavy atom. The minimum absolute atomic E-state index is 0.242. The number of nitrogens with one attached hydrogen (secondary N) is 1. The molecule has 0 bridgehead atoms. The Balaban J connectivity index is 2.19. The van der Waals surface area contributed by atoms with E-state index in [0.717, 1.165) is 30.9 Å². The third-order valence-corrected chi connectivity index (χ3v) is 4.05. The lowest BCUT2D eigenvalue weighted by atomic mass is 10.1. The first kappa shape index (κ1) is 15.1. The molecule has 3 nitrogen and oxygen atoms in total. The van der Waals surface area contributed by atoms with Gasteiger partial charge in [-0.2, -0.15) is 0 Å². The molecule has 1 aromatic carbocycles. The van der Waals surface area contributed by atoms with E-state index in [1.165, 1.54) is 5.39 Å². The van der Waals surface area contributed by atoms with E-state index in [1.807, 2.05) is 12.1 Å². The van der Waals surface area contributed by atoms with E-state index in [9.17, 15) is 0 Å². The zero-order chi connectivity index (χ0) is 14.5. The Morgan fingerprint density at radius 2 is 2.00 bits per heavy atom. The van der Waals surface area contributed by atoms with Crippen LogP contribution >= 0.6 is 0 Å². The molecule has 0 fully saturated rings. The van der Waals surface area contributed by atoms with Gasteiger partial charge >= 0.3 is 0 Å². The van der Waals surface area contributed by atoms with Crippen LogP contribution in [0.4, 0.5) is 0 Å². The minimum atomic E-state index is 0.242. The normalized spacial score (nSPS) is 14.8. The zero-order valence-electron chi connectivity index (χ0n) is 13.0. The highest BCUT2D eigenvalue weighted by molar-refractivity contribution is 5.77. The summed E-state index contributed by atoms with van der Waals surface area (Å²) in [7, 11) is 2.18. The minimum Gasteiger partial charge on any atom is -0.459 e. The van der Waals surface area contributed by atoms with Crippen molar-refractivity contribution in [2.24, 2.45) is 0 Å². The molecule has 2 unspecified atom stereocenters. The van der Waals surface area contributed by atoms with Crippen LogP contribution in [0.5, 0.6) is 0 Å². The van der Waals surface area contributed by atoms with Crippen LogP contribution in [0.15, 0.2) is 34.7 Å². The number of para-hydroxylation sites is 1. The summed E-state index contributed by atoms with van der Waals surface area (Å²) in [5, 5.41) is 4.71. The van der Waals surface area contributed by atoms with Crippen molar-refractivity contribution in [1.82, 2.24) is 10.2 Å². The number of rotatable bonds is 7. The van der Waals surface area contributed by atoms with Crippen molar-refractivity contribution in [2.45, 2.75) is 39.3 Å². The number of nitrogens with zero attached hydrogens (tertiary/aromatic N) is 1. The van der Waals surface area contributed by atoms with E-state index in [2.05, 4.69) is 56.2 Å².